The molecule has 1 aromatic heterocycles. The second-order valence-corrected chi connectivity index (χ2v) is 11.2. The molecule has 1 aliphatic rings. The van der Waals surface area contributed by atoms with Crippen LogP contribution in [0.25, 0.3) is 16.6 Å². The fraction of sp³-hybridized carbons (Fsp3) is 0.222. The molecule has 37 heavy (non-hydrogen) atoms. The Hall–Kier alpha value is -3.01. The highest BCUT2D eigenvalue weighted by Gasteiger charge is 2.21. The summed E-state index contributed by atoms with van der Waals surface area (Å²) in [7, 11) is 0. The number of piperazine rings is 1. The summed E-state index contributed by atoms with van der Waals surface area (Å²) < 4.78 is 15.0. The Morgan fingerprint density at radius 1 is 0.946 bits per heavy atom. The molecule has 0 radical (unpaired) electrons. The van der Waals surface area contributed by atoms with E-state index in [-0.39, 0.29) is 17.3 Å². The number of nitrogens with zero attached hydrogens (tertiary/aromatic N) is 4. The molecule has 190 valence electrons. The number of carbonyl (C=O) groups excluding carboxylic acids is 1. The first-order chi connectivity index (χ1) is 18.0. The number of para-hydroxylation sites is 1. The quantitative estimate of drug-likeness (QED) is 0.134. The molecule has 6 nitrogen and oxygen atoms in total. The number of amides is 1. The van der Waals surface area contributed by atoms with Crippen LogP contribution >= 0.6 is 35.1 Å². The van der Waals surface area contributed by atoms with E-state index in [0.717, 1.165) is 18.8 Å². The van der Waals surface area contributed by atoms with E-state index in [4.69, 9.17) is 16.6 Å². The number of carbonyl (C=O) groups is 1. The van der Waals surface area contributed by atoms with Gasteiger partial charge < -0.3 is 9.80 Å². The number of hydrogen-bond donors (Lipinski definition) is 0. The molecule has 1 aliphatic heterocycles. The van der Waals surface area contributed by atoms with Crippen molar-refractivity contribution in [1.29, 1.82) is 0 Å². The van der Waals surface area contributed by atoms with Crippen LogP contribution in [0, 0.1) is 5.82 Å². The maximum Gasteiger partial charge on any atom is 0.266 e. The van der Waals surface area contributed by atoms with Crippen LogP contribution in [0.4, 0.5) is 10.1 Å². The van der Waals surface area contributed by atoms with Gasteiger partial charge in [0.1, 0.15) is 5.82 Å². The van der Waals surface area contributed by atoms with Gasteiger partial charge in [0.05, 0.1) is 22.3 Å². The molecule has 3 aromatic carbocycles. The molecule has 0 atom stereocenters. The third-order valence-corrected chi connectivity index (χ3v) is 8.49. The van der Waals surface area contributed by atoms with Crippen molar-refractivity contribution in [2.45, 2.75) is 5.16 Å². The Bertz CT molecular complexity index is 1470. The van der Waals surface area contributed by atoms with Gasteiger partial charge in [-0.25, -0.2) is 9.37 Å². The molecule has 0 saturated carbocycles. The maximum absolute atomic E-state index is 13.5. The smallest absolute Gasteiger partial charge is 0.266 e. The molecular weight excluding hydrogens is 531 g/mol. The molecule has 1 fully saturated rings. The first-order valence-electron chi connectivity index (χ1n) is 11.8. The van der Waals surface area contributed by atoms with Crippen LogP contribution in [0.5, 0.6) is 0 Å². The predicted molar refractivity (Wildman–Crippen MR) is 151 cm³/mol. The van der Waals surface area contributed by atoms with E-state index in [1.807, 2.05) is 35.2 Å². The van der Waals surface area contributed by atoms with E-state index < -0.39 is 0 Å². The summed E-state index contributed by atoms with van der Waals surface area (Å²) in [5.41, 5.74) is 2.01. The van der Waals surface area contributed by atoms with Crippen LogP contribution in [0.1, 0.15) is 0 Å². The molecule has 0 unspecified atom stereocenters. The van der Waals surface area contributed by atoms with E-state index in [1.54, 1.807) is 30.3 Å². The third kappa shape index (κ3) is 5.95. The van der Waals surface area contributed by atoms with Crippen molar-refractivity contribution in [2.24, 2.45) is 0 Å². The summed E-state index contributed by atoms with van der Waals surface area (Å²) in [6, 6.07) is 20.7. The Balaban J connectivity index is 1.21. The number of benzene rings is 3. The van der Waals surface area contributed by atoms with Gasteiger partial charge >= 0.3 is 0 Å². The Morgan fingerprint density at radius 2 is 1.70 bits per heavy atom. The van der Waals surface area contributed by atoms with Crippen LogP contribution in [0.2, 0.25) is 5.02 Å². The number of halogens is 2. The summed E-state index contributed by atoms with van der Waals surface area (Å²) in [5, 5.41) is 2.25. The van der Waals surface area contributed by atoms with E-state index in [0.29, 0.717) is 50.7 Å². The largest absolute Gasteiger partial charge is 0.368 e. The topological polar surface area (TPSA) is 58.4 Å². The van der Waals surface area contributed by atoms with Crippen molar-refractivity contribution in [3.05, 3.63) is 94.0 Å². The van der Waals surface area contributed by atoms with Crippen LogP contribution in [0.3, 0.4) is 0 Å². The van der Waals surface area contributed by atoms with Gasteiger partial charge in [-0.2, -0.15) is 0 Å². The lowest BCUT2D eigenvalue weighted by atomic mass is 10.2. The summed E-state index contributed by atoms with van der Waals surface area (Å²) in [5.74, 6) is 0.0689. The second-order valence-electron chi connectivity index (χ2n) is 8.49. The molecule has 0 N–H and O–H groups in total. The number of thioether (sulfide) groups is 2. The van der Waals surface area contributed by atoms with Gasteiger partial charge in [0.15, 0.2) is 5.16 Å². The molecular formula is C27H24ClFN4O2S2. The Kier molecular flexibility index (Phi) is 8.02. The second kappa shape index (κ2) is 11.6. The van der Waals surface area contributed by atoms with Gasteiger partial charge in [-0.1, -0.05) is 41.6 Å². The molecule has 2 heterocycles. The molecule has 4 aromatic rings. The van der Waals surface area contributed by atoms with E-state index in [1.165, 1.54) is 40.2 Å². The molecule has 0 spiro atoms. The normalized spacial score (nSPS) is 13.8. The maximum atomic E-state index is 13.5. The SMILES string of the molecule is O=C(CSCSc1nc2ccccc2c(=O)n1-c1ccc(F)cc1)N1CCN(c2cccc(Cl)c2)CC1. The molecule has 1 amide bonds. The van der Waals surface area contributed by atoms with Crippen molar-refractivity contribution in [1.82, 2.24) is 14.5 Å². The monoisotopic (exact) mass is 554 g/mol. The summed E-state index contributed by atoms with van der Waals surface area (Å²) in [6.07, 6.45) is 0. The average molecular weight is 555 g/mol. The van der Waals surface area contributed by atoms with Crippen LogP contribution < -0.4 is 10.5 Å². The lowest BCUT2D eigenvalue weighted by molar-refractivity contribution is -0.128. The third-order valence-electron chi connectivity index (χ3n) is 6.13. The highest BCUT2D eigenvalue weighted by Crippen LogP contribution is 2.25. The minimum atomic E-state index is -0.373. The van der Waals surface area contributed by atoms with Crippen molar-refractivity contribution < 1.29 is 9.18 Å². The van der Waals surface area contributed by atoms with Crippen molar-refractivity contribution in [3.8, 4) is 5.69 Å². The minimum absolute atomic E-state index is 0.0961. The van der Waals surface area contributed by atoms with E-state index in [9.17, 15) is 14.0 Å². The number of fused-ring (bicyclic) bond motifs is 1. The molecule has 0 bridgehead atoms. The van der Waals surface area contributed by atoms with Crippen LogP contribution in [-0.4, -0.2) is 57.4 Å². The van der Waals surface area contributed by atoms with Gasteiger partial charge in [0.2, 0.25) is 5.91 Å². The zero-order valence-electron chi connectivity index (χ0n) is 19.8. The van der Waals surface area contributed by atoms with Crippen molar-refractivity contribution in [2.75, 3.05) is 41.9 Å². The van der Waals surface area contributed by atoms with E-state index in [2.05, 4.69) is 4.90 Å². The van der Waals surface area contributed by atoms with Crippen LogP contribution in [0.15, 0.2) is 82.7 Å². The highest BCUT2D eigenvalue weighted by molar-refractivity contribution is 8.16. The van der Waals surface area contributed by atoms with Gasteiger partial charge in [-0.3, -0.25) is 14.2 Å². The fourth-order valence-corrected chi connectivity index (χ4v) is 6.34. The van der Waals surface area contributed by atoms with Gasteiger partial charge in [0, 0.05) is 42.0 Å². The fourth-order valence-electron chi connectivity index (χ4n) is 4.23. The van der Waals surface area contributed by atoms with Gasteiger partial charge in [-0.15, -0.1) is 11.8 Å². The highest BCUT2D eigenvalue weighted by atomic mass is 35.5. The van der Waals surface area contributed by atoms with Crippen molar-refractivity contribution in [3.63, 3.8) is 0 Å². The summed E-state index contributed by atoms with van der Waals surface area (Å²) in [4.78, 5) is 34.9. The number of anilines is 1. The molecule has 5 rings (SSSR count). The Morgan fingerprint density at radius 3 is 2.46 bits per heavy atom. The molecule has 0 aliphatic carbocycles. The summed E-state index contributed by atoms with van der Waals surface area (Å²) >= 11 is 9.00. The average Bonchev–Trinajstić information content (AvgIpc) is 2.92. The molecule has 10 heteroatoms. The van der Waals surface area contributed by atoms with Gasteiger partial charge in [0.25, 0.3) is 5.56 Å². The lowest BCUT2D eigenvalue weighted by Gasteiger charge is -2.36. The Labute approximate surface area is 227 Å². The minimum Gasteiger partial charge on any atom is -0.368 e. The summed E-state index contributed by atoms with van der Waals surface area (Å²) in [6.45, 7) is 2.84. The zero-order valence-corrected chi connectivity index (χ0v) is 22.2. The number of hydrogen-bond acceptors (Lipinski definition) is 6. The predicted octanol–water partition coefficient (Wildman–Crippen LogP) is 5.31. The zero-order chi connectivity index (χ0) is 25.8. The standard InChI is InChI=1S/C27H24ClFN4O2S2/c28-19-4-3-5-22(16-19)31-12-14-32(15-13-31)25(34)17-36-18-37-27-30-24-7-2-1-6-23(24)26(35)33(27)21-10-8-20(29)9-11-21/h1-11,16H,12-15,17-18H2. The number of aromatic nitrogens is 2. The first kappa shape index (κ1) is 25.6. The molecule has 1 saturated heterocycles. The van der Waals surface area contributed by atoms with Crippen molar-refractivity contribution >= 4 is 57.6 Å². The van der Waals surface area contributed by atoms with Crippen LogP contribution in [-0.2, 0) is 4.79 Å². The first-order valence-corrected chi connectivity index (χ1v) is 14.3. The van der Waals surface area contributed by atoms with Gasteiger partial charge in [-0.05, 0) is 54.6 Å². The lowest BCUT2D eigenvalue weighted by Crippen LogP contribution is -2.49. The number of rotatable bonds is 7. The van der Waals surface area contributed by atoms with E-state index >= 15 is 0 Å².